The standard InChI is InChI=1S/C14H10N2O6S/c15-10-13(11-6-2-1-3-7-11)21-22-23(19,20)14-9-5-4-8-12(14)16(17)18/h1-9,13H. The van der Waals surface area contributed by atoms with Crippen molar-refractivity contribution in [3.63, 3.8) is 0 Å². The van der Waals surface area contributed by atoms with Gasteiger partial charge in [-0.15, -0.1) is 4.33 Å². The van der Waals surface area contributed by atoms with Gasteiger partial charge in [0, 0.05) is 6.07 Å². The smallest absolute Gasteiger partial charge is 0.258 e. The van der Waals surface area contributed by atoms with Crippen LogP contribution in [-0.4, -0.2) is 13.3 Å². The van der Waals surface area contributed by atoms with Crippen LogP contribution in [0.25, 0.3) is 0 Å². The van der Waals surface area contributed by atoms with Crippen LogP contribution in [0.15, 0.2) is 59.5 Å². The van der Waals surface area contributed by atoms with Crippen molar-refractivity contribution in [1.29, 1.82) is 5.26 Å². The molecule has 0 spiro atoms. The minimum atomic E-state index is -4.56. The number of hydrogen-bond donors (Lipinski definition) is 0. The highest BCUT2D eigenvalue weighted by molar-refractivity contribution is 7.86. The summed E-state index contributed by atoms with van der Waals surface area (Å²) in [7, 11) is -4.56. The van der Waals surface area contributed by atoms with Gasteiger partial charge in [-0.2, -0.15) is 18.6 Å². The van der Waals surface area contributed by atoms with Gasteiger partial charge in [0.1, 0.15) is 6.07 Å². The summed E-state index contributed by atoms with van der Waals surface area (Å²) < 4.78 is 28.5. The predicted octanol–water partition coefficient (Wildman–Crippen LogP) is 2.50. The molecule has 8 nitrogen and oxygen atoms in total. The Bertz CT molecular complexity index is 845. The Balaban J connectivity index is 2.23. The predicted molar refractivity (Wildman–Crippen MR) is 77.2 cm³/mol. The average Bonchev–Trinajstić information content (AvgIpc) is 2.56. The molecule has 0 aliphatic rings. The molecule has 0 fully saturated rings. The van der Waals surface area contributed by atoms with Crippen molar-refractivity contribution >= 4 is 15.8 Å². The van der Waals surface area contributed by atoms with Crippen molar-refractivity contribution in [1.82, 2.24) is 0 Å². The quantitative estimate of drug-likeness (QED) is 0.452. The summed E-state index contributed by atoms with van der Waals surface area (Å²) in [6.45, 7) is 0. The molecule has 0 saturated heterocycles. The SMILES string of the molecule is N#CC(OOS(=O)(=O)c1ccccc1[N+](=O)[O-])c1ccccc1. The maximum atomic E-state index is 12.0. The highest BCUT2D eigenvalue weighted by atomic mass is 32.2. The first-order valence-corrected chi connectivity index (χ1v) is 7.64. The number of nitriles is 1. The summed E-state index contributed by atoms with van der Waals surface area (Å²) >= 11 is 0. The van der Waals surface area contributed by atoms with Crippen molar-refractivity contribution in [2.24, 2.45) is 0 Å². The van der Waals surface area contributed by atoms with Crippen molar-refractivity contribution in [2.45, 2.75) is 11.0 Å². The minimum absolute atomic E-state index is 0.382. The third-order valence-corrected chi connectivity index (χ3v) is 3.92. The fraction of sp³-hybridized carbons (Fsp3) is 0.0714. The molecule has 2 aromatic carbocycles. The molecule has 0 aliphatic carbocycles. The lowest BCUT2D eigenvalue weighted by molar-refractivity contribution is -0.388. The molecule has 0 radical (unpaired) electrons. The Morgan fingerprint density at radius 2 is 1.70 bits per heavy atom. The van der Waals surface area contributed by atoms with Gasteiger partial charge in [-0.3, -0.25) is 10.1 Å². The minimum Gasteiger partial charge on any atom is -0.258 e. The molecule has 9 heteroatoms. The summed E-state index contributed by atoms with van der Waals surface area (Å²) in [4.78, 5) is 14.0. The van der Waals surface area contributed by atoms with Crippen LogP contribution in [0.1, 0.15) is 11.7 Å². The molecular weight excluding hydrogens is 324 g/mol. The summed E-state index contributed by atoms with van der Waals surface area (Å²) in [5, 5.41) is 19.9. The Labute approximate surface area is 131 Å². The highest BCUT2D eigenvalue weighted by Gasteiger charge is 2.28. The third-order valence-electron chi connectivity index (χ3n) is 2.78. The fourth-order valence-electron chi connectivity index (χ4n) is 1.73. The molecule has 0 amide bonds. The van der Waals surface area contributed by atoms with Crippen LogP contribution in [0.5, 0.6) is 0 Å². The van der Waals surface area contributed by atoms with E-state index in [1.165, 1.54) is 12.1 Å². The van der Waals surface area contributed by atoms with Gasteiger partial charge >= 0.3 is 10.1 Å². The van der Waals surface area contributed by atoms with E-state index in [4.69, 9.17) is 5.26 Å². The first-order chi connectivity index (χ1) is 11.0. The molecule has 118 valence electrons. The van der Waals surface area contributed by atoms with E-state index >= 15 is 0 Å². The van der Waals surface area contributed by atoms with Gasteiger partial charge in [0.05, 0.1) is 4.92 Å². The van der Waals surface area contributed by atoms with Gasteiger partial charge in [-0.1, -0.05) is 42.5 Å². The van der Waals surface area contributed by atoms with E-state index in [9.17, 15) is 18.5 Å². The number of nitrogens with zero attached hydrogens (tertiary/aromatic N) is 2. The van der Waals surface area contributed by atoms with Gasteiger partial charge in [0.15, 0.2) is 4.90 Å². The molecule has 0 heterocycles. The molecule has 0 N–H and O–H groups in total. The number of hydrogen-bond acceptors (Lipinski definition) is 7. The first kappa shape index (κ1) is 16.6. The molecule has 1 unspecified atom stereocenters. The van der Waals surface area contributed by atoms with Gasteiger partial charge < -0.3 is 0 Å². The van der Waals surface area contributed by atoms with Crippen LogP contribution in [-0.2, 0) is 19.3 Å². The van der Waals surface area contributed by atoms with Crippen LogP contribution in [0.2, 0.25) is 0 Å². The van der Waals surface area contributed by atoms with E-state index in [0.717, 1.165) is 12.1 Å². The van der Waals surface area contributed by atoms with Crippen LogP contribution in [0.3, 0.4) is 0 Å². The van der Waals surface area contributed by atoms with Gasteiger partial charge in [-0.05, 0) is 11.6 Å². The van der Waals surface area contributed by atoms with Crippen molar-refractivity contribution in [2.75, 3.05) is 0 Å². The van der Waals surface area contributed by atoms with Crippen LogP contribution in [0, 0.1) is 21.4 Å². The molecule has 1 atom stereocenters. The largest absolute Gasteiger partial charge is 0.330 e. The monoisotopic (exact) mass is 334 g/mol. The second-order valence-electron chi connectivity index (χ2n) is 4.26. The maximum absolute atomic E-state index is 12.0. The molecular formula is C14H10N2O6S. The third kappa shape index (κ3) is 3.89. The fourth-order valence-corrected chi connectivity index (χ4v) is 2.63. The maximum Gasteiger partial charge on any atom is 0.330 e. The van der Waals surface area contributed by atoms with E-state index in [-0.39, 0.29) is 0 Å². The topological polar surface area (TPSA) is 120 Å². The molecule has 0 aromatic heterocycles. The van der Waals surface area contributed by atoms with E-state index in [2.05, 4.69) is 9.22 Å². The molecule has 2 aromatic rings. The second kappa shape index (κ2) is 6.97. The number of nitro groups is 1. The van der Waals surface area contributed by atoms with E-state index in [1.54, 1.807) is 36.4 Å². The summed E-state index contributed by atoms with van der Waals surface area (Å²) in [5.74, 6) is 0. The molecule has 0 aliphatic heterocycles. The van der Waals surface area contributed by atoms with E-state index in [0.29, 0.717) is 5.56 Å². The van der Waals surface area contributed by atoms with Crippen LogP contribution in [0.4, 0.5) is 5.69 Å². The lowest BCUT2D eigenvalue weighted by atomic mass is 10.1. The molecule has 0 bridgehead atoms. The van der Waals surface area contributed by atoms with Crippen molar-refractivity contribution in [3.8, 4) is 6.07 Å². The zero-order valence-corrected chi connectivity index (χ0v) is 12.3. The second-order valence-corrected chi connectivity index (χ2v) is 5.75. The Kier molecular flexibility index (Phi) is 5.02. The van der Waals surface area contributed by atoms with E-state index in [1.807, 2.05) is 0 Å². The Hall–Kier alpha value is -2.80. The first-order valence-electron chi connectivity index (χ1n) is 6.23. The number of nitro benzene ring substituents is 1. The van der Waals surface area contributed by atoms with Crippen LogP contribution >= 0.6 is 0 Å². The molecule has 23 heavy (non-hydrogen) atoms. The summed E-state index contributed by atoms with van der Waals surface area (Å²) in [6.07, 6.45) is -1.30. The average molecular weight is 334 g/mol. The molecule has 2 rings (SSSR count). The number of rotatable bonds is 6. The Morgan fingerprint density at radius 1 is 1.09 bits per heavy atom. The zero-order chi connectivity index (χ0) is 16.9. The summed E-state index contributed by atoms with van der Waals surface area (Å²) in [6, 6.07) is 14.5. The van der Waals surface area contributed by atoms with Crippen molar-refractivity contribution < 1.29 is 22.6 Å². The van der Waals surface area contributed by atoms with Gasteiger partial charge in [0.2, 0.25) is 6.10 Å². The number of para-hydroxylation sites is 1. The number of benzene rings is 2. The highest BCUT2D eigenvalue weighted by Crippen LogP contribution is 2.26. The zero-order valence-electron chi connectivity index (χ0n) is 11.5. The molecule has 0 saturated carbocycles. The lowest BCUT2D eigenvalue weighted by Crippen LogP contribution is -2.12. The van der Waals surface area contributed by atoms with Crippen LogP contribution < -0.4 is 0 Å². The van der Waals surface area contributed by atoms with E-state index < -0.39 is 31.7 Å². The Morgan fingerprint density at radius 3 is 2.30 bits per heavy atom. The van der Waals surface area contributed by atoms with Crippen molar-refractivity contribution in [3.05, 3.63) is 70.3 Å². The normalized spacial score (nSPS) is 12.3. The lowest BCUT2D eigenvalue weighted by Gasteiger charge is -2.10. The van der Waals surface area contributed by atoms with Gasteiger partial charge in [0.25, 0.3) is 5.69 Å². The summed E-state index contributed by atoms with van der Waals surface area (Å²) in [5.41, 5.74) is -0.267. The van der Waals surface area contributed by atoms with Gasteiger partial charge in [-0.25, -0.2) is 0 Å².